The highest BCUT2D eigenvalue weighted by molar-refractivity contribution is 5.85. The van der Waals surface area contributed by atoms with Crippen molar-refractivity contribution in [3.05, 3.63) is 12.7 Å². The Bertz CT molecular complexity index is 211. The third-order valence-electron chi connectivity index (χ3n) is 3.46. The molecule has 0 saturated carbocycles. The van der Waals surface area contributed by atoms with E-state index in [0.717, 1.165) is 45.2 Å². The minimum Gasteiger partial charge on any atom is -0.317 e. The van der Waals surface area contributed by atoms with Crippen LogP contribution in [-0.4, -0.2) is 18.9 Å². The van der Waals surface area contributed by atoms with Crippen molar-refractivity contribution in [1.82, 2.24) is 5.32 Å². The number of carbonyl (C=O) groups is 1. The van der Waals surface area contributed by atoms with Crippen LogP contribution in [0.15, 0.2) is 12.7 Å². The number of hydrogen-bond acceptors (Lipinski definition) is 2. The second kappa shape index (κ2) is 6.06. The Labute approximate surface area is 93.1 Å². The van der Waals surface area contributed by atoms with Crippen LogP contribution in [0.25, 0.3) is 0 Å². The smallest absolute Gasteiger partial charge is 0.139 e. The summed E-state index contributed by atoms with van der Waals surface area (Å²) in [5.74, 6) is 0.464. The molecular weight excluding hydrogens is 186 g/mol. The lowest BCUT2D eigenvalue weighted by molar-refractivity contribution is -0.130. The van der Waals surface area contributed by atoms with Gasteiger partial charge in [0, 0.05) is 11.8 Å². The average molecular weight is 209 g/mol. The van der Waals surface area contributed by atoms with Gasteiger partial charge in [0.1, 0.15) is 5.78 Å². The lowest BCUT2D eigenvalue weighted by atomic mass is 9.71. The van der Waals surface area contributed by atoms with Gasteiger partial charge in [0.25, 0.3) is 0 Å². The van der Waals surface area contributed by atoms with E-state index in [2.05, 4.69) is 18.8 Å². The predicted octanol–water partition coefficient (Wildman–Crippen LogP) is 2.69. The van der Waals surface area contributed by atoms with Crippen molar-refractivity contribution in [2.75, 3.05) is 13.1 Å². The summed E-state index contributed by atoms with van der Waals surface area (Å²) in [5.41, 5.74) is -0.0109. The number of hydrogen-bond donors (Lipinski definition) is 1. The molecule has 2 nitrogen and oxygen atoms in total. The van der Waals surface area contributed by atoms with Crippen LogP contribution < -0.4 is 5.32 Å². The molecule has 86 valence electrons. The predicted molar refractivity (Wildman–Crippen MR) is 63.9 cm³/mol. The van der Waals surface area contributed by atoms with E-state index in [0.29, 0.717) is 12.2 Å². The van der Waals surface area contributed by atoms with Crippen molar-refractivity contribution < 1.29 is 4.79 Å². The molecular formula is C13H23NO. The van der Waals surface area contributed by atoms with Crippen molar-refractivity contribution in [3.63, 3.8) is 0 Å². The Morgan fingerprint density at radius 3 is 2.67 bits per heavy atom. The molecule has 0 aromatic heterocycles. The number of allylic oxidation sites excluding steroid dienone is 1. The quantitative estimate of drug-likeness (QED) is 0.681. The minimum absolute atomic E-state index is 0.0109. The van der Waals surface area contributed by atoms with Gasteiger partial charge in [0.15, 0.2) is 0 Å². The Hall–Kier alpha value is -0.630. The summed E-state index contributed by atoms with van der Waals surface area (Å²) in [7, 11) is 0. The van der Waals surface area contributed by atoms with Crippen LogP contribution in [0.2, 0.25) is 0 Å². The van der Waals surface area contributed by atoms with Crippen LogP contribution in [0, 0.1) is 5.41 Å². The van der Waals surface area contributed by atoms with Crippen LogP contribution in [-0.2, 0) is 4.79 Å². The number of Topliss-reactive ketones (excluding diaryl/α,β-unsaturated/α-hetero) is 1. The van der Waals surface area contributed by atoms with Gasteiger partial charge in [-0.1, -0.05) is 19.4 Å². The summed E-state index contributed by atoms with van der Waals surface area (Å²) >= 11 is 0. The number of rotatable bonds is 6. The molecule has 1 saturated heterocycles. The number of ketones is 1. The van der Waals surface area contributed by atoms with Gasteiger partial charge >= 0.3 is 0 Å². The number of nitrogens with one attached hydrogen (secondary N) is 1. The SMILES string of the molecule is C=CCCC(=O)C1(CCC)CCNCC1. The first-order chi connectivity index (χ1) is 7.25. The highest BCUT2D eigenvalue weighted by Gasteiger charge is 2.37. The first-order valence-corrected chi connectivity index (χ1v) is 6.10. The van der Waals surface area contributed by atoms with Crippen molar-refractivity contribution in [1.29, 1.82) is 0 Å². The molecule has 1 aliphatic rings. The minimum atomic E-state index is -0.0109. The summed E-state index contributed by atoms with van der Waals surface area (Å²) in [4.78, 5) is 12.2. The highest BCUT2D eigenvalue weighted by Crippen LogP contribution is 2.36. The molecule has 0 aromatic carbocycles. The molecule has 0 aliphatic carbocycles. The molecule has 0 aromatic rings. The monoisotopic (exact) mass is 209 g/mol. The van der Waals surface area contributed by atoms with E-state index >= 15 is 0 Å². The lowest BCUT2D eigenvalue weighted by Gasteiger charge is -2.36. The number of piperidine rings is 1. The molecule has 0 radical (unpaired) electrons. The maximum absolute atomic E-state index is 12.2. The van der Waals surface area contributed by atoms with Crippen molar-refractivity contribution in [2.24, 2.45) is 5.41 Å². The van der Waals surface area contributed by atoms with Gasteiger partial charge in [0.05, 0.1) is 0 Å². The van der Waals surface area contributed by atoms with E-state index in [1.54, 1.807) is 0 Å². The summed E-state index contributed by atoms with van der Waals surface area (Å²) in [5, 5.41) is 3.34. The fourth-order valence-corrected chi connectivity index (χ4v) is 2.55. The summed E-state index contributed by atoms with van der Waals surface area (Å²) in [6, 6.07) is 0. The third-order valence-corrected chi connectivity index (χ3v) is 3.46. The largest absolute Gasteiger partial charge is 0.317 e. The zero-order chi connectivity index (χ0) is 11.1. The molecule has 1 aliphatic heterocycles. The van der Waals surface area contributed by atoms with E-state index in [9.17, 15) is 4.79 Å². The van der Waals surface area contributed by atoms with Crippen LogP contribution in [0.4, 0.5) is 0 Å². The molecule has 0 spiro atoms. The average Bonchev–Trinajstić information content (AvgIpc) is 2.27. The first-order valence-electron chi connectivity index (χ1n) is 6.10. The second-order valence-electron chi connectivity index (χ2n) is 4.53. The zero-order valence-corrected chi connectivity index (χ0v) is 9.85. The molecule has 15 heavy (non-hydrogen) atoms. The van der Waals surface area contributed by atoms with E-state index < -0.39 is 0 Å². The van der Waals surface area contributed by atoms with Gasteiger partial charge < -0.3 is 5.32 Å². The fourth-order valence-electron chi connectivity index (χ4n) is 2.55. The van der Waals surface area contributed by atoms with Gasteiger partial charge in [-0.25, -0.2) is 0 Å². The maximum atomic E-state index is 12.2. The fraction of sp³-hybridized carbons (Fsp3) is 0.769. The Morgan fingerprint density at radius 1 is 1.47 bits per heavy atom. The third kappa shape index (κ3) is 3.16. The Balaban J connectivity index is 2.61. The van der Waals surface area contributed by atoms with Crippen LogP contribution in [0.1, 0.15) is 45.4 Å². The van der Waals surface area contributed by atoms with Crippen molar-refractivity contribution in [3.8, 4) is 0 Å². The molecule has 0 amide bonds. The second-order valence-corrected chi connectivity index (χ2v) is 4.53. The molecule has 0 unspecified atom stereocenters. The maximum Gasteiger partial charge on any atom is 0.139 e. The highest BCUT2D eigenvalue weighted by atomic mass is 16.1. The summed E-state index contributed by atoms with van der Waals surface area (Å²) in [6.45, 7) is 7.85. The standard InChI is InChI=1S/C13H23NO/c1-3-5-6-12(15)13(7-4-2)8-10-14-11-9-13/h3,14H,1,4-11H2,2H3. The molecule has 0 bridgehead atoms. The van der Waals surface area contributed by atoms with Gasteiger partial charge in [-0.05, 0) is 38.8 Å². The topological polar surface area (TPSA) is 29.1 Å². The Morgan fingerprint density at radius 2 is 2.13 bits per heavy atom. The molecule has 2 heteroatoms. The first kappa shape index (κ1) is 12.4. The molecule has 0 atom stereocenters. The van der Waals surface area contributed by atoms with Crippen LogP contribution >= 0.6 is 0 Å². The molecule has 1 heterocycles. The molecule has 1 rings (SSSR count). The molecule has 1 N–H and O–H groups in total. The number of carbonyl (C=O) groups excluding carboxylic acids is 1. The van der Waals surface area contributed by atoms with Crippen LogP contribution in [0.5, 0.6) is 0 Å². The van der Waals surface area contributed by atoms with E-state index in [1.165, 1.54) is 0 Å². The van der Waals surface area contributed by atoms with Gasteiger partial charge in [-0.3, -0.25) is 4.79 Å². The Kier molecular flexibility index (Phi) is 5.03. The zero-order valence-electron chi connectivity index (χ0n) is 9.85. The summed E-state index contributed by atoms with van der Waals surface area (Å²) < 4.78 is 0. The van der Waals surface area contributed by atoms with Crippen LogP contribution in [0.3, 0.4) is 0 Å². The van der Waals surface area contributed by atoms with E-state index in [-0.39, 0.29) is 5.41 Å². The lowest BCUT2D eigenvalue weighted by Crippen LogP contribution is -2.42. The van der Waals surface area contributed by atoms with Gasteiger partial charge in [-0.2, -0.15) is 0 Å². The van der Waals surface area contributed by atoms with Crippen molar-refractivity contribution >= 4 is 5.78 Å². The van der Waals surface area contributed by atoms with Gasteiger partial charge in [-0.15, -0.1) is 6.58 Å². The normalized spacial score (nSPS) is 19.8. The van der Waals surface area contributed by atoms with Gasteiger partial charge in [0.2, 0.25) is 0 Å². The van der Waals surface area contributed by atoms with E-state index in [4.69, 9.17) is 0 Å². The molecule has 1 fully saturated rings. The van der Waals surface area contributed by atoms with E-state index in [1.807, 2.05) is 6.08 Å². The summed E-state index contributed by atoms with van der Waals surface area (Å²) in [6.07, 6.45) is 7.58. The van der Waals surface area contributed by atoms with Crippen molar-refractivity contribution in [2.45, 2.75) is 45.4 Å².